The molecule has 0 unspecified atom stereocenters. The molecule has 0 amide bonds. The van der Waals surface area contributed by atoms with E-state index in [1.807, 2.05) is 6.07 Å². The summed E-state index contributed by atoms with van der Waals surface area (Å²) in [6, 6.07) is 10.4. The Kier molecular flexibility index (Phi) is 7.14. The van der Waals surface area contributed by atoms with E-state index in [-0.39, 0.29) is 0 Å². The fraction of sp³-hybridized carbons (Fsp3) is 0.500. The number of rotatable bonds is 7. The Bertz CT molecular complexity index is 223. The third-order valence-electron chi connectivity index (χ3n) is 2.25. The van der Waals surface area contributed by atoms with Gasteiger partial charge in [-0.25, -0.2) is 0 Å². The van der Waals surface area contributed by atoms with Gasteiger partial charge in [-0.05, 0) is 0 Å². The molecule has 0 saturated carbocycles. The molecule has 0 aliphatic rings. The predicted octanol–water partition coefficient (Wildman–Crippen LogP) is 2.55. The second-order valence-corrected chi connectivity index (χ2v) is 8.80. The van der Waals surface area contributed by atoms with Crippen LogP contribution in [0.5, 0.6) is 0 Å². The zero-order chi connectivity index (χ0) is 10.1. The molecule has 0 saturated heterocycles. The molecule has 0 bridgehead atoms. The molecule has 1 rings (SSSR count). The molecule has 1 aromatic carbocycles. The first-order chi connectivity index (χ1) is 6.93. The zero-order valence-electron chi connectivity index (χ0n) is 9.04. The van der Waals surface area contributed by atoms with Crippen LogP contribution in [-0.2, 0) is 11.3 Å². The van der Waals surface area contributed by atoms with Crippen molar-refractivity contribution in [2.45, 2.75) is 30.8 Å². The van der Waals surface area contributed by atoms with E-state index >= 15 is 0 Å². The molecular weight excluding hydrogens is 279 g/mol. The Morgan fingerprint density at radius 2 is 2.00 bits per heavy atom. The average Bonchev–Trinajstić information content (AvgIpc) is 2.25. The molecule has 0 aromatic heterocycles. The van der Waals surface area contributed by atoms with Gasteiger partial charge in [0.25, 0.3) is 0 Å². The van der Waals surface area contributed by atoms with Gasteiger partial charge >= 0.3 is 97.2 Å². The molecule has 0 atom stereocenters. The number of benzene rings is 1. The summed E-state index contributed by atoms with van der Waals surface area (Å²) in [5, 5.41) is 0. The minimum absolute atomic E-state index is 0.518. The van der Waals surface area contributed by atoms with Crippen molar-refractivity contribution < 1.29 is 4.74 Å². The average molecular weight is 299 g/mol. The van der Waals surface area contributed by atoms with Gasteiger partial charge in [-0.3, -0.25) is 0 Å². The van der Waals surface area contributed by atoms with Crippen LogP contribution >= 0.6 is 0 Å². The van der Waals surface area contributed by atoms with Crippen molar-refractivity contribution >= 4 is 21.1 Å². The Morgan fingerprint density at radius 1 is 1.21 bits per heavy atom. The number of unbranched alkanes of at least 4 members (excludes halogenated alkanes) is 1. The Morgan fingerprint density at radius 3 is 2.71 bits per heavy atom. The summed E-state index contributed by atoms with van der Waals surface area (Å²) in [6.45, 7) is 3.07. The van der Waals surface area contributed by atoms with Crippen LogP contribution in [0.3, 0.4) is 0 Å². The summed E-state index contributed by atoms with van der Waals surface area (Å²) in [4.78, 5) is 0. The monoisotopic (exact) mass is 300 g/mol. The third kappa shape index (κ3) is 5.65. The summed E-state index contributed by atoms with van der Waals surface area (Å²) in [5.74, 6) is 0. The second kappa shape index (κ2) is 8.30. The van der Waals surface area contributed by atoms with Crippen LogP contribution in [0.4, 0.5) is 0 Å². The summed E-state index contributed by atoms with van der Waals surface area (Å²) in [6.07, 6.45) is 2.76. The summed E-state index contributed by atoms with van der Waals surface area (Å²) >= 11 is -0.518. The summed E-state index contributed by atoms with van der Waals surface area (Å²) < 4.78 is 8.27. The zero-order valence-corrected chi connectivity index (χ0v) is 13.1. The fourth-order valence-electron chi connectivity index (χ4n) is 1.40. The van der Waals surface area contributed by atoms with Crippen LogP contribution in [0.1, 0.15) is 25.3 Å². The van der Waals surface area contributed by atoms with Gasteiger partial charge in [-0.2, -0.15) is 0 Å². The summed E-state index contributed by atoms with van der Waals surface area (Å²) in [7, 11) is 0. The van der Waals surface area contributed by atoms with Crippen LogP contribution in [0, 0.1) is 0 Å². The van der Waals surface area contributed by atoms with Gasteiger partial charge in [0, 0.05) is 0 Å². The normalized spacial score (nSPS) is 11.2. The minimum atomic E-state index is -0.518. The molecule has 2 heteroatoms. The number of hydrogen-bond acceptors (Lipinski definition) is 1. The standard InChI is InChI=1S/C8H9O.C4H9.Sn.2H/c1-9-7-8-5-3-2-4-6-8;1-3-4-2;;;/h2-6H,1,7H2;1,3-4H2,2H3;;;. The van der Waals surface area contributed by atoms with E-state index in [2.05, 4.69) is 31.2 Å². The second-order valence-electron chi connectivity index (χ2n) is 3.60. The Hall–Kier alpha value is -0.0213. The van der Waals surface area contributed by atoms with E-state index in [0.29, 0.717) is 0 Å². The predicted molar refractivity (Wildman–Crippen MR) is 64.4 cm³/mol. The van der Waals surface area contributed by atoms with E-state index in [0.717, 1.165) is 11.2 Å². The SMILES string of the molecule is CCC[CH2][SnH2][CH2]OCc1ccccc1. The van der Waals surface area contributed by atoms with Gasteiger partial charge in [-0.1, -0.05) is 0 Å². The van der Waals surface area contributed by atoms with E-state index < -0.39 is 21.1 Å². The van der Waals surface area contributed by atoms with Gasteiger partial charge in [0.2, 0.25) is 0 Å². The molecule has 0 radical (unpaired) electrons. The maximum absolute atomic E-state index is 5.66. The first-order valence-electron chi connectivity index (χ1n) is 5.55. The third-order valence-corrected chi connectivity index (χ3v) is 6.76. The van der Waals surface area contributed by atoms with Crippen LogP contribution in [-0.4, -0.2) is 25.8 Å². The fourth-order valence-corrected chi connectivity index (χ4v) is 5.41. The van der Waals surface area contributed by atoms with Crippen molar-refractivity contribution in [2.75, 3.05) is 4.62 Å². The van der Waals surface area contributed by atoms with E-state index in [4.69, 9.17) is 4.74 Å². The van der Waals surface area contributed by atoms with Crippen LogP contribution in [0.25, 0.3) is 0 Å². The van der Waals surface area contributed by atoms with Crippen molar-refractivity contribution in [1.29, 1.82) is 0 Å². The molecule has 0 fully saturated rings. The molecular formula is C12H20OSn. The molecule has 0 heterocycles. The van der Waals surface area contributed by atoms with Crippen molar-refractivity contribution in [3.05, 3.63) is 35.9 Å². The first kappa shape index (κ1) is 12.1. The molecule has 0 spiro atoms. The molecule has 1 aromatic rings. The topological polar surface area (TPSA) is 9.23 Å². The van der Waals surface area contributed by atoms with Gasteiger partial charge in [0.15, 0.2) is 0 Å². The number of ether oxygens (including phenoxy) is 1. The van der Waals surface area contributed by atoms with Gasteiger partial charge < -0.3 is 0 Å². The molecule has 1 nitrogen and oxygen atoms in total. The quantitative estimate of drug-likeness (QED) is 0.555. The van der Waals surface area contributed by atoms with Crippen molar-refractivity contribution in [3.63, 3.8) is 0 Å². The van der Waals surface area contributed by atoms with E-state index in [9.17, 15) is 0 Å². The molecule has 0 aliphatic carbocycles. The summed E-state index contributed by atoms with van der Waals surface area (Å²) in [5.41, 5.74) is 1.30. The van der Waals surface area contributed by atoms with E-state index in [1.54, 1.807) is 0 Å². The van der Waals surface area contributed by atoms with Crippen molar-refractivity contribution in [3.8, 4) is 0 Å². The van der Waals surface area contributed by atoms with Crippen molar-refractivity contribution in [2.24, 2.45) is 0 Å². The first-order valence-corrected chi connectivity index (χ1v) is 11.3. The molecule has 0 N–H and O–H groups in total. The molecule has 78 valence electrons. The van der Waals surface area contributed by atoms with Crippen molar-refractivity contribution in [1.82, 2.24) is 0 Å². The maximum atomic E-state index is 5.66. The van der Waals surface area contributed by atoms with Gasteiger partial charge in [-0.15, -0.1) is 0 Å². The number of hydrogen-bond donors (Lipinski definition) is 0. The van der Waals surface area contributed by atoms with Gasteiger partial charge in [0.1, 0.15) is 0 Å². The van der Waals surface area contributed by atoms with Gasteiger partial charge in [0.05, 0.1) is 0 Å². The molecule has 0 aliphatic heterocycles. The Labute approximate surface area is 97.1 Å². The van der Waals surface area contributed by atoms with E-state index in [1.165, 1.54) is 22.8 Å². The van der Waals surface area contributed by atoms with Crippen LogP contribution in [0.15, 0.2) is 30.3 Å². The van der Waals surface area contributed by atoms with Crippen LogP contribution in [0.2, 0.25) is 4.44 Å². The Balaban J connectivity index is 1.99. The molecule has 14 heavy (non-hydrogen) atoms. The van der Waals surface area contributed by atoms with Crippen LogP contribution < -0.4 is 0 Å².